The summed E-state index contributed by atoms with van der Waals surface area (Å²) in [6.45, 7) is -0.160. The Bertz CT molecular complexity index is 498. The van der Waals surface area contributed by atoms with Crippen LogP contribution in [0.2, 0.25) is 5.02 Å². The third-order valence-electron chi connectivity index (χ3n) is 2.41. The molecular weight excluding hydrogens is 291 g/mol. The summed E-state index contributed by atoms with van der Waals surface area (Å²) in [5, 5.41) is 22.7. The fourth-order valence-corrected chi connectivity index (χ4v) is 1.49. The summed E-state index contributed by atoms with van der Waals surface area (Å²) >= 11 is 5.51. The zero-order valence-corrected chi connectivity index (χ0v) is 11.2. The Morgan fingerprint density at radius 3 is 2.65 bits per heavy atom. The molecule has 1 unspecified atom stereocenters. The van der Waals surface area contributed by atoms with Gasteiger partial charge in [0.25, 0.3) is 0 Å². The van der Waals surface area contributed by atoms with E-state index in [-0.39, 0.29) is 30.1 Å². The van der Waals surface area contributed by atoms with Crippen molar-refractivity contribution in [2.75, 3.05) is 13.1 Å². The quantitative estimate of drug-likeness (QED) is 0.636. The molecule has 0 radical (unpaired) electrons. The number of amides is 2. The first kappa shape index (κ1) is 16.2. The Hall–Kier alpha value is -1.86. The van der Waals surface area contributed by atoms with Crippen LogP contribution < -0.4 is 10.6 Å². The van der Waals surface area contributed by atoms with E-state index in [0.29, 0.717) is 0 Å². The molecule has 2 amide bonds. The number of hydrogen-bond donors (Lipinski definition) is 4. The van der Waals surface area contributed by atoms with Crippen LogP contribution in [0, 0.1) is 5.82 Å². The van der Waals surface area contributed by atoms with Gasteiger partial charge in [0.05, 0.1) is 17.5 Å². The van der Waals surface area contributed by atoms with Crippen molar-refractivity contribution < 1.29 is 24.2 Å². The number of carboxylic acid groups (broad SMARTS) is 1. The molecular formula is C12H14ClFN2O4. The molecule has 0 saturated heterocycles. The highest BCUT2D eigenvalue weighted by atomic mass is 35.5. The van der Waals surface area contributed by atoms with Crippen LogP contribution in [0.3, 0.4) is 0 Å². The highest BCUT2D eigenvalue weighted by molar-refractivity contribution is 6.30. The van der Waals surface area contributed by atoms with Gasteiger partial charge in [0, 0.05) is 13.1 Å². The van der Waals surface area contributed by atoms with E-state index in [1.165, 1.54) is 12.1 Å². The average Bonchev–Trinajstić information content (AvgIpc) is 2.38. The lowest BCUT2D eigenvalue weighted by atomic mass is 10.1. The Morgan fingerprint density at radius 1 is 1.35 bits per heavy atom. The van der Waals surface area contributed by atoms with E-state index in [2.05, 4.69) is 10.6 Å². The van der Waals surface area contributed by atoms with Gasteiger partial charge in [-0.25, -0.2) is 9.18 Å². The number of halogens is 2. The molecule has 0 aliphatic carbocycles. The second-order valence-electron chi connectivity index (χ2n) is 3.97. The first-order chi connectivity index (χ1) is 9.40. The average molecular weight is 305 g/mol. The Kier molecular flexibility index (Phi) is 6.20. The van der Waals surface area contributed by atoms with Gasteiger partial charge in [0.1, 0.15) is 5.82 Å². The molecule has 1 rings (SSSR count). The zero-order chi connectivity index (χ0) is 15.1. The van der Waals surface area contributed by atoms with Crippen molar-refractivity contribution in [1.82, 2.24) is 10.6 Å². The molecule has 1 aromatic rings. The molecule has 0 heterocycles. The van der Waals surface area contributed by atoms with Gasteiger partial charge in [0.15, 0.2) is 0 Å². The van der Waals surface area contributed by atoms with Crippen molar-refractivity contribution in [3.8, 4) is 0 Å². The maximum absolute atomic E-state index is 13.2. The van der Waals surface area contributed by atoms with E-state index in [9.17, 15) is 19.1 Å². The lowest BCUT2D eigenvalue weighted by molar-refractivity contribution is -0.136. The summed E-state index contributed by atoms with van der Waals surface area (Å²) in [5.41, 5.74) is 0.276. The van der Waals surface area contributed by atoms with Crippen LogP contribution >= 0.6 is 11.6 Å². The van der Waals surface area contributed by atoms with Gasteiger partial charge in [-0.05, 0) is 17.7 Å². The normalized spacial score (nSPS) is 11.8. The number of rotatable bonds is 6. The van der Waals surface area contributed by atoms with E-state index in [1.54, 1.807) is 0 Å². The van der Waals surface area contributed by atoms with Gasteiger partial charge < -0.3 is 20.8 Å². The zero-order valence-electron chi connectivity index (χ0n) is 10.4. The predicted molar refractivity (Wildman–Crippen MR) is 70.0 cm³/mol. The predicted octanol–water partition coefficient (Wildman–Crippen LogP) is 1.29. The van der Waals surface area contributed by atoms with Crippen molar-refractivity contribution in [2.24, 2.45) is 0 Å². The second-order valence-corrected chi connectivity index (χ2v) is 4.38. The third-order valence-corrected chi connectivity index (χ3v) is 2.72. The van der Waals surface area contributed by atoms with Crippen molar-refractivity contribution in [1.29, 1.82) is 0 Å². The minimum Gasteiger partial charge on any atom is -0.481 e. The summed E-state index contributed by atoms with van der Waals surface area (Å²) in [6, 6.07) is 3.22. The largest absolute Gasteiger partial charge is 0.481 e. The monoisotopic (exact) mass is 304 g/mol. The number of hydrogen-bond acceptors (Lipinski definition) is 3. The van der Waals surface area contributed by atoms with Crippen molar-refractivity contribution in [3.63, 3.8) is 0 Å². The number of benzene rings is 1. The summed E-state index contributed by atoms with van der Waals surface area (Å²) in [5.74, 6) is -1.68. The SMILES string of the molecule is O=C(O)CCNC(=O)NCC(O)c1ccc(Cl)c(F)c1. The number of aliphatic hydroxyl groups excluding tert-OH is 1. The minimum absolute atomic E-state index is 0.0210. The summed E-state index contributed by atoms with van der Waals surface area (Å²) in [7, 11) is 0. The maximum Gasteiger partial charge on any atom is 0.314 e. The fraction of sp³-hybridized carbons (Fsp3) is 0.333. The molecule has 20 heavy (non-hydrogen) atoms. The molecule has 8 heteroatoms. The summed E-state index contributed by atoms with van der Waals surface area (Å²) in [4.78, 5) is 21.5. The number of carboxylic acids is 1. The molecule has 0 saturated carbocycles. The molecule has 0 bridgehead atoms. The molecule has 0 aliphatic rings. The van der Waals surface area contributed by atoms with E-state index < -0.39 is 23.9 Å². The number of urea groups is 1. The first-order valence-electron chi connectivity index (χ1n) is 5.76. The van der Waals surface area contributed by atoms with Crippen LogP contribution in [0.15, 0.2) is 18.2 Å². The topological polar surface area (TPSA) is 98.7 Å². The number of carbonyl (C=O) groups is 2. The Balaban J connectivity index is 2.38. The van der Waals surface area contributed by atoms with Crippen molar-refractivity contribution >= 4 is 23.6 Å². The van der Waals surface area contributed by atoms with Crippen molar-refractivity contribution in [3.05, 3.63) is 34.6 Å². The van der Waals surface area contributed by atoms with Gasteiger partial charge in [0.2, 0.25) is 0 Å². The van der Waals surface area contributed by atoms with Crippen LogP contribution in [0.1, 0.15) is 18.1 Å². The first-order valence-corrected chi connectivity index (χ1v) is 6.14. The molecule has 4 N–H and O–H groups in total. The number of aliphatic carboxylic acids is 1. The van der Waals surface area contributed by atoms with Gasteiger partial charge >= 0.3 is 12.0 Å². The van der Waals surface area contributed by atoms with E-state index in [4.69, 9.17) is 16.7 Å². The molecule has 6 nitrogen and oxygen atoms in total. The van der Waals surface area contributed by atoms with E-state index >= 15 is 0 Å². The smallest absolute Gasteiger partial charge is 0.314 e. The highest BCUT2D eigenvalue weighted by Crippen LogP contribution is 2.19. The minimum atomic E-state index is -1.09. The Labute approximate surface area is 119 Å². The summed E-state index contributed by atoms with van der Waals surface area (Å²) in [6.07, 6.45) is -1.29. The maximum atomic E-state index is 13.2. The van der Waals surface area contributed by atoms with Crippen LogP contribution in [0.25, 0.3) is 0 Å². The van der Waals surface area contributed by atoms with Gasteiger partial charge in [-0.15, -0.1) is 0 Å². The second kappa shape index (κ2) is 7.66. The van der Waals surface area contributed by atoms with Crippen LogP contribution in [-0.2, 0) is 4.79 Å². The number of carbonyl (C=O) groups excluding carboxylic acids is 1. The van der Waals surface area contributed by atoms with Crippen LogP contribution in [0.5, 0.6) is 0 Å². The van der Waals surface area contributed by atoms with Crippen LogP contribution in [0.4, 0.5) is 9.18 Å². The van der Waals surface area contributed by atoms with Gasteiger partial charge in [-0.2, -0.15) is 0 Å². The lowest BCUT2D eigenvalue weighted by Crippen LogP contribution is -2.38. The molecule has 0 aliphatic heterocycles. The summed E-state index contributed by atoms with van der Waals surface area (Å²) < 4.78 is 13.2. The molecule has 0 fully saturated rings. The molecule has 1 atom stereocenters. The van der Waals surface area contributed by atoms with Crippen molar-refractivity contribution in [2.45, 2.75) is 12.5 Å². The lowest BCUT2D eigenvalue weighted by Gasteiger charge is -2.13. The van der Waals surface area contributed by atoms with Gasteiger partial charge in [-0.3, -0.25) is 4.79 Å². The molecule has 1 aromatic carbocycles. The highest BCUT2D eigenvalue weighted by Gasteiger charge is 2.11. The van der Waals surface area contributed by atoms with E-state index in [0.717, 1.165) is 6.07 Å². The number of nitrogens with one attached hydrogen (secondary N) is 2. The van der Waals surface area contributed by atoms with Crippen LogP contribution in [-0.4, -0.2) is 35.3 Å². The third kappa shape index (κ3) is 5.41. The molecule has 0 spiro atoms. The number of aliphatic hydroxyl groups is 1. The van der Waals surface area contributed by atoms with Gasteiger partial charge in [-0.1, -0.05) is 17.7 Å². The standard InChI is InChI=1S/C12H14ClFN2O4/c13-8-2-1-7(5-9(8)14)10(17)6-16-12(20)15-4-3-11(18)19/h1-2,5,10,17H,3-4,6H2,(H,18,19)(H2,15,16,20). The Morgan fingerprint density at radius 2 is 2.05 bits per heavy atom. The fourth-order valence-electron chi connectivity index (χ4n) is 1.37. The molecule has 110 valence electrons. The van der Waals surface area contributed by atoms with E-state index in [1.807, 2.05) is 0 Å². The molecule has 0 aromatic heterocycles.